The zero-order valence-corrected chi connectivity index (χ0v) is 16.4. The Morgan fingerprint density at radius 1 is 1.26 bits per heavy atom. The van der Waals surface area contributed by atoms with Crippen molar-refractivity contribution >= 4 is 63.2 Å². The van der Waals surface area contributed by atoms with E-state index in [1.54, 1.807) is 6.07 Å². The van der Waals surface area contributed by atoms with E-state index in [4.69, 9.17) is 17.0 Å². The molecule has 0 spiro atoms. The Balaban J connectivity index is 1.96. The highest BCUT2D eigenvalue weighted by Crippen LogP contribution is 2.25. The molecule has 11 heteroatoms. The average Bonchev–Trinajstić information content (AvgIpc) is 2.61. The van der Waals surface area contributed by atoms with Crippen LogP contribution < -0.4 is 15.4 Å². The lowest BCUT2D eigenvalue weighted by molar-refractivity contribution is -0.385. The van der Waals surface area contributed by atoms with Crippen molar-refractivity contribution in [3.8, 4) is 5.75 Å². The molecule has 0 saturated heterocycles. The number of nitrogens with one attached hydrogen (secondary N) is 2. The van der Waals surface area contributed by atoms with Gasteiger partial charge in [0.1, 0.15) is 0 Å². The van der Waals surface area contributed by atoms with E-state index in [0.717, 1.165) is 3.57 Å². The Kier molecular flexibility index (Phi) is 7.01. The number of hydrogen-bond acceptors (Lipinski definition) is 6. The standard InChI is InChI=1S/C16H12IN3O6S/c17-9-5-6-11(10(7-9)15(22)23)18-16(27)19-14(21)8-26-13-4-2-1-3-12(13)20(24)25/h1-7H,8H2,(H,22,23)(H2,18,19,21,27). The number of rotatable bonds is 6. The van der Waals surface area contributed by atoms with E-state index >= 15 is 0 Å². The number of aromatic carboxylic acids is 1. The predicted octanol–water partition coefficient (Wildman–Crippen LogP) is 2.79. The van der Waals surface area contributed by atoms with Gasteiger partial charge in [-0.05, 0) is 59.1 Å². The maximum atomic E-state index is 11.9. The van der Waals surface area contributed by atoms with Crippen LogP contribution >= 0.6 is 34.8 Å². The predicted molar refractivity (Wildman–Crippen MR) is 109 cm³/mol. The minimum atomic E-state index is -1.15. The second kappa shape index (κ2) is 9.23. The highest BCUT2D eigenvalue weighted by Gasteiger charge is 2.16. The molecule has 9 nitrogen and oxygen atoms in total. The first-order valence-electron chi connectivity index (χ1n) is 7.28. The molecule has 2 aromatic rings. The molecule has 140 valence electrons. The van der Waals surface area contributed by atoms with E-state index in [1.165, 1.54) is 36.4 Å². The molecular formula is C16H12IN3O6S. The summed E-state index contributed by atoms with van der Waals surface area (Å²) in [6.07, 6.45) is 0. The number of anilines is 1. The van der Waals surface area contributed by atoms with Crippen molar-refractivity contribution in [3.63, 3.8) is 0 Å². The summed E-state index contributed by atoms with van der Waals surface area (Å²) < 4.78 is 5.88. The lowest BCUT2D eigenvalue weighted by Crippen LogP contribution is -2.37. The van der Waals surface area contributed by atoms with Crippen LogP contribution in [0.1, 0.15) is 10.4 Å². The van der Waals surface area contributed by atoms with E-state index in [1.807, 2.05) is 22.6 Å². The van der Waals surface area contributed by atoms with Gasteiger partial charge in [-0.15, -0.1) is 0 Å². The number of ether oxygens (including phenoxy) is 1. The number of nitro groups is 1. The third kappa shape index (κ3) is 5.86. The lowest BCUT2D eigenvalue weighted by atomic mass is 10.2. The molecule has 0 aliphatic rings. The maximum Gasteiger partial charge on any atom is 0.337 e. The van der Waals surface area contributed by atoms with Crippen molar-refractivity contribution in [2.75, 3.05) is 11.9 Å². The molecule has 2 aromatic carbocycles. The number of carbonyl (C=O) groups excluding carboxylic acids is 1. The van der Waals surface area contributed by atoms with Gasteiger partial charge in [0.25, 0.3) is 5.91 Å². The molecule has 0 fully saturated rings. The van der Waals surface area contributed by atoms with Gasteiger partial charge in [-0.3, -0.25) is 20.2 Å². The van der Waals surface area contributed by atoms with Gasteiger partial charge >= 0.3 is 11.7 Å². The second-order valence-corrected chi connectivity index (χ2v) is 6.66. The maximum absolute atomic E-state index is 11.9. The van der Waals surface area contributed by atoms with Crippen LogP contribution in [0.25, 0.3) is 0 Å². The molecule has 3 N–H and O–H groups in total. The van der Waals surface area contributed by atoms with E-state index in [2.05, 4.69) is 10.6 Å². The quantitative estimate of drug-likeness (QED) is 0.239. The van der Waals surface area contributed by atoms with Crippen LogP contribution in [-0.2, 0) is 4.79 Å². The Bertz CT molecular complexity index is 921. The number of thiocarbonyl (C=S) groups is 1. The normalized spacial score (nSPS) is 9.96. The summed E-state index contributed by atoms with van der Waals surface area (Å²) in [4.78, 5) is 33.5. The van der Waals surface area contributed by atoms with Gasteiger partial charge in [-0.2, -0.15) is 0 Å². The molecule has 27 heavy (non-hydrogen) atoms. The van der Waals surface area contributed by atoms with Gasteiger partial charge in [0, 0.05) is 9.64 Å². The van der Waals surface area contributed by atoms with E-state index in [-0.39, 0.29) is 27.8 Å². The Hall–Kier alpha value is -2.80. The highest BCUT2D eigenvalue weighted by molar-refractivity contribution is 14.1. The highest BCUT2D eigenvalue weighted by atomic mass is 127. The molecule has 0 aliphatic heterocycles. The number of halogens is 1. The van der Waals surface area contributed by atoms with Gasteiger partial charge in [0.05, 0.1) is 16.2 Å². The molecule has 2 rings (SSSR count). The van der Waals surface area contributed by atoms with Gasteiger partial charge in [0.2, 0.25) is 0 Å². The summed E-state index contributed by atoms with van der Waals surface area (Å²) in [5.41, 5.74) is -0.0570. The summed E-state index contributed by atoms with van der Waals surface area (Å²) in [6, 6.07) is 10.3. The first kappa shape index (κ1) is 20.5. The zero-order chi connectivity index (χ0) is 20.0. The number of carboxylic acid groups (broad SMARTS) is 1. The molecule has 0 aliphatic carbocycles. The summed E-state index contributed by atoms with van der Waals surface area (Å²) in [7, 11) is 0. The number of nitro benzene ring substituents is 1. The van der Waals surface area contributed by atoms with Crippen molar-refractivity contribution < 1.29 is 24.4 Å². The summed E-state index contributed by atoms with van der Waals surface area (Å²) >= 11 is 6.96. The van der Waals surface area contributed by atoms with E-state index in [0.29, 0.717) is 0 Å². The van der Waals surface area contributed by atoms with Crippen molar-refractivity contribution in [2.24, 2.45) is 0 Å². The Morgan fingerprint density at radius 2 is 1.96 bits per heavy atom. The van der Waals surface area contributed by atoms with Crippen molar-refractivity contribution in [1.29, 1.82) is 0 Å². The molecule has 0 aromatic heterocycles. The molecule has 0 bridgehead atoms. The van der Waals surface area contributed by atoms with Crippen LogP contribution in [0.2, 0.25) is 0 Å². The van der Waals surface area contributed by atoms with Crippen molar-refractivity contribution in [1.82, 2.24) is 5.32 Å². The number of hydrogen-bond donors (Lipinski definition) is 3. The minimum absolute atomic E-state index is 0.00495. The van der Waals surface area contributed by atoms with Crippen molar-refractivity contribution in [3.05, 3.63) is 61.7 Å². The van der Waals surface area contributed by atoms with E-state index < -0.39 is 23.4 Å². The van der Waals surface area contributed by atoms with Gasteiger partial charge < -0.3 is 15.2 Å². The number of amides is 1. The minimum Gasteiger partial charge on any atom is -0.478 e. The SMILES string of the molecule is O=C(COc1ccccc1[N+](=O)[O-])NC(=S)Nc1ccc(I)cc1C(=O)O. The van der Waals surface area contributed by atoms with Crippen molar-refractivity contribution in [2.45, 2.75) is 0 Å². The number of benzene rings is 2. The van der Waals surface area contributed by atoms with E-state index in [9.17, 15) is 24.8 Å². The summed E-state index contributed by atoms with van der Waals surface area (Å²) in [6.45, 7) is -0.509. The third-order valence-electron chi connectivity index (χ3n) is 3.13. The zero-order valence-electron chi connectivity index (χ0n) is 13.5. The topological polar surface area (TPSA) is 131 Å². The molecule has 1 amide bonds. The average molecular weight is 501 g/mol. The van der Waals surface area contributed by atoms with Gasteiger partial charge in [0.15, 0.2) is 17.5 Å². The lowest BCUT2D eigenvalue weighted by Gasteiger charge is -2.12. The van der Waals surface area contributed by atoms with Crippen LogP contribution in [0.5, 0.6) is 5.75 Å². The third-order valence-corrected chi connectivity index (χ3v) is 4.01. The Labute approximate surface area is 172 Å². The summed E-state index contributed by atoms with van der Waals surface area (Å²) in [5.74, 6) is -1.86. The number of carboxylic acids is 1. The molecule has 0 radical (unpaired) electrons. The Morgan fingerprint density at radius 3 is 2.63 bits per heavy atom. The van der Waals surface area contributed by atoms with Gasteiger partial charge in [-0.25, -0.2) is 4.79 Å². The fourth-order valence-electron chi connectivity index (χ4n) is 1.99. The van der Waals surface area contributed by atoms with Crippen LogP contribution in [-0.4, -0.2) is 33.6 Å². The molecular weight excluding hydrogens is 489 g/mol. The molecule has 0 heterocycles. The smallest absolute Gasteiger partial charge is 0.337 e. The van der Waals surface area contributed by atoms with Gasteiger partial charge in [-0.1, -0.05) is 12.1 Å². The van der Waals surface area contributed by atoms with Crippen LogP contribution in [0.4, 0.5) is 11.4 Å². The monoisotopic (exact) mass is 501 g/mol. The second-order valence-electron chi connectivity index (χ2n) is 5.01. The summed E-state index contributed by atoms with van der Waals surface area (Å²) in [5, 5.41) is 24.9. The number of nitrogens with zero attached hydrogens (tertiary/aromatic N) is 1. The molecule has 0 unspecified atom stereocenters. The first-order chi connectivity index (χ1) is 12.8. The largest absolute Gasteiger partial charge is 0.478 e. The fourth-order valence-corrected chi connectivity index (χ4v) is 2.71. The number of para-hydroxylation sites is 2. The fraction of sp³-hybridized carbons (Fsp3) is 0.0625. The van der Waals surface area contributed by atoms with Crippen LogP contribution in [0.15, 0.2) is 42.5 Å². The first-order valence-corrected chi connectivity index (χ1v) is 8.76. The number of carbonyl (C=O) groups is 2. The molecule has 0 atom stereocenters. The van der Waals surface area contributed by atoms with Crippen LogP contribution in [0, 0.1) is 13.7 Å². The molecule has 0 saturated carbocycles. The van der Waals surface area contributed by atoms with Crippen LogP contribution in [0.3, 0.4) is 0 Å².